The van der Waals surface area contributed by atoms with Gasteiger partial charge in [0.15, 0.2) is 5.11 Å². The Hall–Kier alpha value is -2.11. The number of hydrogen-bond acceptors (Lipinski definition) is 3. The number of anilines is 1. The van der Waals surface area contributed by atoms with Crippen molar-refractivity contribution in [1.82, 2.24) is 5.32 Å². The van der Waals surface area contributed by atoms with Crippen LogP contribution in [0.15, 0.2) is 42.5 Å². The van der Waals surface area contributed by atoms with Crippen molar-refractivity contribution in [3.05, 3.63) is 64.2 Å². The Morgan fingerprint density at radius 2 is 1.93 bits per heavy atom. The quantitative estimate of drug-likeness (QED) is 0.457. The number of thiocarbonyl (C=S) groups is 1. The first-order valence-corrected chi connectivity index (χ1v) is 10.7. The van der Waals surface area contributed by atoms with Crippen LogP contribution in [-0.2, 0) is 11.2 Å². The maximum Gasteiger partial charge on any atom is 0.337 e. The second kappa shape index (κ2) is 9.59. The third kappa shape index (κ3) is 5.49. The molecule has 0 radical (unpaired) electrons. The summed E-state index contributed by atoms with van der Waals surface area (Å²) in [6.07, 6.45) is 6.43. The summed E-state index contributed by atoms with van der Waals surface area (Å²) in [5.74, 6) is -0.362. The molecule has 1 aliphatic carbocycles. The van der Waals surface area contributed by atoms with Crippen LogP contribution in [0.2, 0.25) is 5.02 Å². The van der Waals surface area contributed by atoms with Crippen molar-refractivity contribution in [2.45, 2.75) is 51.0 Å². The molecular formula is C23H27ClN2O2S. The van der Waals surface area contributed by atoms with Crippen LogP contribution in [0.25, 0.3) is 0 Å². The highest BCUT2D eigenvalue weighted by Gasteiger charge is 2.34. The molecule has 0 aliphatic heterocycles. The van der Waals surface area contributed by atoms with Gasteiger partial charge in [-0.15, -0.1) is 0 Å². The Morgan fingerprint density at radius 3 is 2.62 bits per heavy atom. The van der Waals surface area contributed by atoms with E-state index in [1.807, 2.05) is 31.2 Å². The van der Waals surface area contributed by atoms with Crippen LogP contribution in [0.3, 0.4) is 0 Å². The Morgan fingerprint density at radius 1 is 1.21 bits per heavy atom. The molecule has 0 aromatic heterocycles. The van der Waals surface area contributed by atoms with Crippen molar-refractivity contribution in [2.75, 3.05) is 12.4 Å². The zero-order chi connectivity index (χ0) is 20.9. The zero-order valence-electron chi connectivity index (χ0n) is 16.9. The van der Waals surface area contributed by atoms with Crippen molar-refractivity contribution in [2.24, 2.45) is 0 Å². The standard InChI is InChI=1S/C23H27ClN2O2S/c1-16-9-10-18(21(27)28-2)15-20(16)25-22(29)26-23(12-5-6-13-23)14-11-17-7-3-4-8-19(17)24/h3-4,7-10,15H,5-6,11-14H2,1-2H3,(H2,25,26,29). The molecule has 0 saturated heterocycles. The van der Waals surface area contributed by atoms with Crippen molar-refractivity contribution in [3.8, 4) is 0 Å². The number of aryl methyl sites for hydroxylation is 2. The molecule has 2 N–H and O–H groups in total. The molecule has 1 fully saturated rings. The lowest BCUT2D eigenvalue weighted by Crippen LogP contribution is -2.48. The number of hydrogen-bond donors (Lipinski definition) is 2. The molecule has 0 unspecified atom stereocenters. The number of halogens is 1. The lowest BCUT2D eigenvalue weighted by atomic mass is 9.89. The number of carbonyl (C=O) groups excluding carboxylic acids is 1. The number of ether oxygens (including phenoxy) is 1. The van der Waals surface area contributed by atoms with Crippen LogP contribution in [0, 0.1) is 6.92 Å². The largest absolute Gasteiger partial charge is 0.465 e. The molecule has 29 heavy (non-hydrogen) atoms. The predicted molar refractivity (Wildman–Crippen MR) is 123 cm³/mol. The Balaban J connectivity index is 1.69. The summed E-state index contributed by atoms with van der Waals surface area (Å²) >= 11 is 12.0. The highest BCUT2D eigenvalue weighted by molar-refractivity contribution is 7.80. The van der Waals surface area contributed by atoms with Gasteiger partial charge >= 0.3 is 5.97 Å². The molecular weight excluding hydrogens is 404 g/mol. The fourth-order valence-electron chi connectivity index (χ4n) is 3.96. The van der Waals surface area contributed by atoms with Gasteiger partial charge < -0.3 is 15.4 Å². The van der Waals surface area contributed by atoms with Gasteiger partial charge in [0.25, 0.3) is 0 Å². The first-order valence-electron chi connectivity index (χ1n) is 9.94. The Bertz CT molecular complexity index is 894. The van der Waals surface area contributed by atoms with Gasteiger partial charge in [-0.25, -0.2) is 4.79 Å². The van der Waals surface area contributed by atoms with Crippen molar-refractivity contribution >= 4 is 40.6 Å². The molecule has 2 aromatic carbocycles. The molecule has 0 atom stereocenters. The average Bonchev–Trinajstić information content (AvgIpc) is 3.17. The number of rotatable bonds is 6. The molecule has 0 amide bonds. The first-order chi connectivity index (χ1) is 13.9. The number of nitrogens with one attached hydrogen (secondary N) is 2. The van der Waals surface area contributed by atoms with E-state index in [4.69, 9.17) is 28.6 Å². The van der Waals surface area contributed by atoms with Crippen LogP contribution in [0.1, 0.15) is 53.6 Å². The van der Waals surface area contributed by atoms with E-state index in [0.717, 1.165) is 42.0 Å². The highest BCUT2D eigenvalue weighted by Crippen LogP contribution is 2.34. The lowest BCUT2D eigenvalue weighted by Gasteiger charge is -2.32. The number of methoxy groups -OCH3 is 1. The molecule has 0 spiro atoms. The first kappa shape index (κ1) is 21.6. The van der Waals surface area contributed by atoms with E-state index in [2.05, 4.69) is 16.7 Å². The van der Waals surface area contributed by atoms with Gasteiger partial charge in [-0.1, -0.05) is 48.7 Å². The smallest absolute Gasteiger partial charge is 0.337 e. The summed E-state index contributed by atoms with van der Waals surface area (Å²) < 4.78 is 4.82. The average molecular weight is 431 g/mol. The molecule has 2 aromatic rings. The zero-order valence-corrected chi connectivity index (χ0v) is 18.5. The van der Waals surface area contributed by atoms with Crippen LogP contribution >= 0.6 is 23.8 Å². The Labute approximate surface area is 183 Å². The van der Waals surface area contributed by atoms with Crippen LogP contribution < -0.4 is 10.6 Å². The van der Waals surface area contributed by atoms with E-state index in [1.165, 1.54) is 25.5 Å². The van der Waals surface area contributed by atoms with Crippen molar-refractivity contribution in [1.29, 1.82) is 0 Å². The van der Waals surface area contributed by atoms with E-state index >= 15 is 0 Å². The van der Waals surface area contributed by atoms with Crippen LogP contribution in [-0.4, -0.2) is 23.7 Å². The monoisotopic (exact) mass is 430 g/mol. The van der Waals surface area contributed by atoms with Gasteiger partial charge in [0.05, 0.1) is 12.7 Å². The number of esters is 1. The van der Waals surface area contributed by atoms with E-state index in [9.17, 15) is 4.79 Å². The molecule has 6 heteroatoms. The minimum atomic E-state index is -0.362. The maximum atomic E-state index is 11.8. The normalized spacial score (nSPS) is 15.0. The predicted octanol–water partition coefficient (Wildman–Crippen LogP) is 5.67. The fourth-order valence-corrected chi connectivity index (χ4v) is 4.52. The summed E-state index contributed by atoms with van der Waals surface area (Å²) in [4.78, 5) is 11.8. The van der Waals surface area contributed by atoms with Gasteiger partial charge in [-0.3, -0.25) is 0 Å². The third-order valence-corrected chi connectivity index (χ3v) is 6.25. The van der Waals surface area contributed by atoms with Gasteiger partial charge in [-0.2, -0.15) is 0 Å². The third-order valence-electron chi connectivity index (χ3n) is 5.68. The topological polar surface area (TPSA) is 50.4 Å². The van der Waals surface area contributed by atoms with Gasteiger partial charge in [-0.05, 0) is 74.2 Å². The van der Waals surface area contributed by atoms with Gasteiger partial charge in [0.1, 0.15) is 0 Å². The van der Waals surface area contributed by atoms with E-state index < -0.39 is 0 Å². The molecule has 4 nitrogen and oxygen atoms in total. The SMILES string of the molecule is COC(=O)c1ccc(C)c(NC(=S)NC2(CCc3ccccc3Cl)CCCC2)c1. The molecule has 154 valence electrons. The van der Waals surface area contributed by atoms with Gasteiger partial charge in [0.2, 0.25) is 0 Å². The van der Waals surface area contributed by atoms with Crippen LogP contribution in [0.5, 0.6) is 0 Å². The van der Waals surface area contributed by atoms with Crippen molar-refractivity contribution in [3.63, 3.8) is 0 Å². The van der Waals surface area contributed by atoms with E-state index in [-0.39, 0.29) is 11.5 Å². The van der Waals surface area contributed by atoms with E-state index in [1.54, 1.807) is 12.1 Å². The summed E-state index contributed by atoms with van der Waals surface area (Å²) in [5, 5.41) is 8.25. The summed E-state index contributed by atoms with van der Waals surface area (Å²) in [6.45, 7) is 1.98. The molecule has 1 saturated carbocycles. The number of benzene rings is 2. The molecule has 0 heterocycles. The fraction of sp³-hybridized carbons (Fsp3) is 0.391. The van der Waals surface area contributed by atoms with Gasteiger partial charge in [0, 0.05) is 16.2 Å². The minimum Gasteiger partial charge on any atom is -0.465 e. The maximum absolute atomic E-state index is 11.8. The second-order valence-corrected chi connectivity index (χ2v) is 8.49. The minimum absolute atomic E-state index is 0.0306. The molecule has 1 aliphatic rings. The summed E-state index contributed by atoms with van der Waals surface area (Å²) in [6, 6.07) is 13.4. The van der Waals surface area contributed by atoms with Crippen molar-refractivity contribution < 1.29 is 9.53 Å². The van der Waals surface area contributed by atoms with Crippen LogP contribution in [0.4, 0.5) is 5.69 Å². The van der Waals surface area contributed by atoms with E-state index in [0.29, 0.717) is 10.7 Å². The lowest BCUT2D eigenvalue weighted by molar-refractivity contribution is 0.0601. The Kier molecular flexibility index (Phi) is 7.14. The highest BCUT2D eigenvalue weighted by atomic mass is 35.5. The summed E-state index contributed by atoms with van der Waals surface area (Å²) in [7, 11) is 1.38. The second-order valence-electron chi connectivity index (χ2n) is 7.68. The summed E-state index contributed by atoms with van der Waals surface area (Å²) in [5.41, 5.74) is 3.46. The molecule has 3 rings (SSSR count). The molecule has 0 bridgehead atoms. The number of carbonyl (C=O) groups is 1.